The number of carboxylic acid groups (broad SMARTS) is 1. The van der Waals surface area contributed by atoms with E-state index >= 15 is 0 Å². The minimum absolute atomic E-state index is 0.0427. The van der Waals surface area contributed by atoms with Crippen molar-refractivity contribution in [3.05, 3.63) is 76.6 Å². The van der Waals surface area contributed by atoms with Gasteiger partial charge in [-0.15, -0.1) is 22.7 Å². The molecule has 5 aromatic rings. The number of thiazole rings is 1. The van der Waals surface area contributed by atoms with Gasteiger partial charge in [0.15, 0.2) is 10.2 Å². The molecule has 31 heavy (non-hydrogen) atoms. The number of aromatic nitrogens is 4. The Balaban J connectivity index is 1.92. The Bertz CT molecular complexity index is 1620. The fraction of sp³-hybridized carbons (Fsp3) is 0.100. The topological polar surface area (TPSA) is 110 Å². The van der Waals surface area contributed by atoms with Gasteiger partial charge in [-0.3, -0.25) is 4.79 Å². The van der Waals surface area contributed by atoms with E-state index in [4.69, 9.17) is 11.6 Å². The van der Waals surface area contributed by atoms with Gasteiger partial charge in [0.1, 0.15) is 0 Å². The monoisotopic (exact) mass is 472 g/mol. The highest BCUT2D eigenvalue weighted by Crippen LogP contribution is 2.31. The third-order valence-electron chi connectivity index (χ3n) is 5.00. The van der Waals surface area contributed by atoms with E-state index < -0.39 is 17.2 Å². The number of halogens is 1. The number of aromatic amines is 1. The zero-order chi connectivity index (χ0) is 21.9. The number of carboxylic acids is 1. The number of hydrogen-bond donors (Lipinski definition) is 2. The van der Waals surface area contributed by atoms with Crippen LogP contribution in [0, 0.1) is 6.92 Å². The van der Waals surface area contributed by atoms with Crippen molar-refractivity contribution in [3.8, 4) is 5.69 Å². The lowest BCUT2D eigenvalue weighted by molar-refractivity contribution is 0.0686. The molecule has 0 spiro atoms. The summed E-state index contributed by atoms with van der Waals surface area (Å²) in [6.45, 7) is 2.04. The Morgan fingerprint density at radius 3 is 2.77 bits per heavy atom. The lowest BCUT2D eigenvalue weighted by Crippen LogP contribution is -2.34. The maximum Gasteiger partial charge on any atom is 0.354 e. The zero-order valence-corrected chi connectivity index (χ0v) is 18.3. The molecule has 0 unspecified atom stereocenters. The average Bonchev–Trinajstić information content (AvgIpc) is 3.41. The van der Waals surface area contributed by atoms with Crippen molar-refractivity contribution in [2.75, 3.05) is 0 Å². The second-order valence-electron chi connectivity index (χ2n) is 6.96. The third kappa shape index (κ3) is 3.11. The molecule has 5 rings (SSSR count). The van der Waals surface area contributed by atoms with Gasteiger partial charge in [0.2, 0.25) is 0 Å². The zero-order valence-electron chi connectivity index (χ0n) is 15.9. The summed E-state index contributed by atoms with van der Waals surface area (Å²) in [6, 6.07) is 5.41. The molecule has 0 radical (unpaired) electrons. The van der Waals surface area contributed by atoms with Crippen LogP contribution in [0.1, 0.15) is 20.9 Å². The van der Waals surface area contributed by atoms with E-state index in [1.54, 1.807) is 33.7 Å². The highest BCUT2D eigenvalue weighted by molar-refractivity contribution is 7.15. The van der Waals surface area contributed by atoms with Gasteiger partial charge in [0.05, 0.1) is 28.7 Å². The van der Waals surface area contributed by atoms with Crippen LogP contribution in [0.15, 0.2) is 44.7 Å². The maximum atomic E-state index is 13.2. The van der Waals surface area contributed by atoms with Gasteiger partial charge in [0.25, 0.3) is 5.56 Å². The molecule has 4 heterocycles. The first-order valence-corrected chi connectivity index (χ1v) is 11.2. The Morgan fingerprint density at radius 2 is 2.06 bits per heavy atom. The standard InChI is InChI=1S/C20H13ClN4O4S2/c1-9-2-3-14-11(4-9)15(25-17(26)12-7-30-8-13(12)23-20(25)29)16(18(27)28)24(14)6-10-5-22-19(21)31-10/h2-5,7-8H,6H2,1H3,(H,23,29)(H,27,28). The molecule has 11 heteroatoms. The van der Waals surface area contributed by atoms with E-state index in [9.17, 15) is 19.5 Å². The number of benzene rings is 1. The number of aryl methyl sites for hydroxylation is 1. The summed E-state index contributed by atoms with van der Waals surface area (Å²) in [5.41, 5.74) is 0.494. The normalized spacial score (nSPS) is 11.5. The van der Waals surface area contributed by atoms with Crippen molar-refractivity contribution in [2.45, 2.75) is 13.5 Å². The molecule has 156 valence electrons. The molecule has 0 bridgehead atoms. The van der Waals surface area contributed by atoms with Crippen LogP contribution in [0.4, 0.5) is 0 Å². The molecule has 2 N–H and O–H groups in total. The number of nitrogens with one attached hydrogen (secondary N) is 1. The smallest absolute Gasteiger partial charge is 0.354 e. The molecule has 8 nitrogen and oxygen atoms in total. The van der Waals surface area contributed by atoms with Crippen LogP contribution in [0.5, 0.6) is 0 Å². The first kappa shape index (κ1) is 19.7. The summed E-state index contributed by atoms with van der Waals surface area (Å²) in [6.07, 6.45) is 1.58. The molecule has 0 atom stereocenters. The van der Waals surface area contributed by atoms with Crippen LogP contribution < -0.4 is 11.2 Å². The first-order valence-electron chi connectivity index (χ1n) is 9.03. The van der Waals surface area contributed by atoms with Gasteiger partial charge < -0.3 is 14.7 Å². The summed E-state index contributed by atoms with van der Waals surface area (Å²) in [5.74, 6) is -1.25. The van der Waals surface area contributed by atoms with Crippen molar-refractivity contribution >= 4 is 62.0 Å². The largest absolute Gasteiger partial charge is 0.477 e. The predicted octanol–water partition coefficient (Wildman–Crippen LogP) is 3.86. The molecule has 0 aliphatic rings. The molecule has 1 aromatic carbocycles. The van der Waals surface area contributed by atoms with Crippen LogP contribution in [-0.4, -0.2) is 30.2 Å². The van der Waals surface area contributed by atoms with E-state index in [0.717, 1.165) is 15.0 Å². The highest BCUT2D eigenvalue weighted by atomic mass is 35.5. The lowest BCUT2D eigenvalue weighted by Gasteiger charge is -2.08. The number of thiophene rings is 1. The summed E-state index contributed by atoms with van der Waals surface area (Å²) >= 11 is 8.46. The molecule has 0 aliphatic carbocycles. The van der Waals surface area contributed by atoms with E-state index in [1.807, 2.05) is 13.0 Å². The Morgan fingerprint density at radius 1 is 1.26 bits per heavy atom. The molecule has 0 fully saturated rings. The Kier molecular flexibility index (Phi) is 4.58. The SMILES string of the molecule is Cc1ccc2c(c1)c(-n1c(=O)[nH]c3cscc3c1=O)c(C(=O)O)n2Cc1cnc(Cl)s1. The summed E-state index contributed by atoms with van der Waals surface area (Å²) in [4.78, 5) is 46.0. The quantitative estimate of drug-likeness (QED) is 0.412. The molecular formula is C20H13ClN4O4S2. The number of aromatic carboxylic acids is 1. The van der Waals surface area contributed by atoms with E-state index in [2.05, 4.69) is 9.97 Å². The summed E-state index contributed by atoms with van der Waals surface area (Å²) in [5, 5.41) is 14.3. The predicted molar refractivity (Wildman–Crippen MR) is 121 cm³/mol. The number of carbonyl (C=O) groups is 1. The number of H-pyrrole nitrogens is 1. The first-order chi connectivity index (χ1) is 14.8. The average molecular weight is 473 g/mol. The van der Waals surface area contributed by atoms with Crippen molar-refractivity contribution < 1.29 is 9.90 Å². The molecule has 0 amide bonds. The summed E-state index contributed by atoms with van der Waals surface area (Å²) < 4.78 is 2.83. The number of hydrogen-bond acceptors (Lipinski definition) is 6. The fourth-order valence-corrected chi connectivity index (χ4v) is 5.44. The number of rotatable bonds is 4. The van der Waals surface area contributed by atoms with Gasteiger partial charge in [-0.05, 0) is 19.1 Å². The fourth-order valence-electron chi connectivity index (χ4n) is 3.72. The second kappa shape index (κ2) is 7.19. The third-order valence-corrected chi connectivity index (χ3v) is 6.84. The summed E-state index contributed by atoms with van der Waals surface area (Å²) in [7, 11) is 0. The number of nitrogens with zero attached hydrogens (tertiary/aromatic N) is 3. The van der Waals surface area contributed by atoms with E-state index in [1.165, 1.54) is 22.7 Å². The van der Waals surface area contributed by atoms with Gasteiger partial charge in [0, 0.05) is 27.2 Å². The molecule has 0 aliphatic heterocycles. The van der Waals surface area contributed by atoms with Crippen molar-refractivity contribution in [2.24, 2.45) is 0 Å². The van der Waals surface area contributed by atoms with Crippen molar-refractivity contribution in [1.82, 2.24) is 19.1 Å². The van der Waals surface area contributed by atoms with Crippen LogP contribution in [0.3, 0.4) is 0 Å². The molecule has 0 saturated heterocycles. The van der Waals surface area contributed by atoms with Gasteiger partial charge >= 0.3 is 11.7 Å². The Labute approximate surface area is 186 Å². The van der Waals surface area contributed by atoms with E-state index in [0.29, 0.717) is 26.3 Å². The van der Waals surface area contributed by atoms with Gasteiger partial charge in [-0.25, -0.2) is 19.1 Å². The second-order valence-corrected chi connectivity index (χ2v) is 9.40. The minimum Gasteiger partial charge on any atom is -0.477 e. The van der Waals surface area contributed by atoms with Crippen LogP contribution in [0.2, 0.25) is 4.47 Å². The minimum atomic E-state index is -1.25. The van der Waals surface area contributed by atoms with Crippen molar-refractivity contribution in [3.63, 3.8) is 0 Å². The highest BCUT2D eigenvalue weighted by Gasteiger charge is 2.27. The molecular weight excluding hydrogens is 460 g/mol. The lowest BCUT2D eigenvalue weighted by atomic mass is 10.1. The van der Waals surface area contributed by atoms with Crippen LogP contribution in [-0.2, 0) is 6.54 Å². The Hall–Kier alpha value is -3.21. The van der Waals surface area contributed by atoms with Gasteiger partial charge in [-0.2, -0.15) is 0 Å². The molecule has 0 saturated carbocycles. The van der Waals surface area contributed by atoms with E-state index in [-0.39, 0.29) is 17.9 Å². The molecule has 4 aromatic heterocycles. The van der Waals surface area contributed by atoms with Crippen LogP contribution in [0.25, 0.3) is 27.5 Å². The van der Waals surface area contributed by atoms with Crippen LogP contribution >= 0.6 is 34.3 Å². The number of fused-ring (bicyclic) bond motifs is 2. The van der Waals surface area contributed by atoms with Crippen molar-refractivity contribution in [1.29, 1.82) is 0 Å². The maximum absolute atomic E-state index is 13.2. The van der Waals surface area contributed by atoms with Gasteiger partial charge in [-0.1, -0.05) is 23.2 Å².